The second kappa shape index (κ2) is 6.76. The van der Waals surface area contributed by atoms with Gasteiger partial charge in [0.1, 0.15) is 12.7 Å². The van der Waals surface area contributed by atoms with Crippen molar-refractivity contribution in [3.63, 3.8) is 0 Å². The standard InChI is InChI=1S/C19H19N5O/c25-19(10-11-23-14-20-13-21-23)22-16-5-7-17(8-6-16)24-12-9-15-3-1-2-4-18(15)24/h1-8,13-14H,9-12H2,(H,22,25). The number of para-hydroxylation sites is 1. The molecule has 1 aromatic heterocycles. The summed E-state index contributed by atoms with van der Waals surface area (Å²) in [5, 5.41) is 6.91. The summed E-state index contributed by atoms with van der Waals surface area (Å²) >= 11 is 0. The molecule has 0 saturated heterocycles. The van der Waals surface area contributed by atoms with Crippen molar-refractivity contribution in [2.24, 2.45) is 0 Å². The first kappa shape index (κ1) is 15.4. The van der Waals surface area contributed by atoms with Gasteiger partial charge in [-0.05, 0) is 42.3 Å². The Labute approximate surface area is 146 Å². The van der Waals surface area contributed by atoms with E-state index in [2.05, 4.69) is 56.7 Å². The molecule has 0 atom stereocenters. The third-order valence-corrected chi connectivity index (χ3v) is 4.38. The number of carbonyl (C=O) groups excluding carboxylic acids is 1. The summed E-state index contributed by atoms with van der Waals surface area (Å²) in [5.74, 6) is -0.0326. The van der Waals surface area contributed by atoms with E-state index in [1.54, 1.807) is 11.0 Å². The maximum atomic E-state index is 12.0. The first-order valence-electron chi connectivity index (χ1n) is 8.37. The highest BCUT2D eigenvalue weighted by atomic mass is 16.1. The van der Waals surface area contributed by atoms with Crippen LogP contribution in [0, 0.1) is 0 Å². The third kappa shape index (κ3) is 3.38. The van der Waals surface area contributed by atoms with Crippen molar-refractivity contribution in [3.05, 3.63) is 66.7 Å². The summed E-state index contributed by atoms with van der Waals surface area (Å²) in [6.07, 6.45) is 4.50. The van der Waals surface area contributed by atoms with Crippen molar-refractivity contribution in [2.75, 3.05) is 16.8 Å². The van der Waals surface area contributed by atoms with E-state index in [1.165, 1.54) is 17.6 Å². The number of fused-ring (bicyclic) bond motifs is 1. The minimum absolute atomic E-state index is 0.0326. The van der Waals surface area contributed by atoms with Gasteiger partial charge in [-0.1, -0.05) is 18.2 Å². The van der Waals surface area contributed by atoms with Crippen LogP contribution in [-0.4, -0.2) is 27.2 Å². The van der Waals surface area contributed by atoms with Gasteiger partial charge in [0.15, 0.2) is 0 Å². The zero-order valence-corrected chi connectivity index (χ0v) is 13.8. The van der Waals surface area contributed by atoms with E-state index in [9.17, 15) is 4.79 Å². The van der Waals surface area contributed by atoms with Gasteiger partial charge in [-0.3, -0.25) is 9.48 Å². The van der Waals surface area contributed by atoms with Crippen LogP contribution in [0.15, 0.2) is 61.2 Å². The molecule has 1 aliphatic heterocycles. The molecular formula is C19H19N5O. The van der Waals surface area contributed by atoms with Crippen molar-refractivity contribution in [1.82, 2.24) is 14.8 Å². The summed E-state index contributed by atoms with van der Waals surface area (Å²) in [6, 6.07) is 16.5. The first-order valence-corrected chi connectivity index (χ1v) is 8.37. The molecule has 25 heavy (non-hydrogen) atoms. The molecule has 1 N–H and O–H groups in total. The lowest BCUT2D eigenvalue weighted by Crippen LogP contribution is -2.15. The smallest absolute Gasteiger partial charge is 0.226 e. The Hall–Kier alpha value is -3.15. The van der Waals surface area contributed by atoms with E-state index in [-0.39, 0.29) is 5.91 Å². The lowest BCUT2D eigenvalue weighted by Gasteiger charge is -2.20. The van der Waals surface area contributed by atoms with Gasteiger partial charge < -0.3 is 10.2 Å². The summed E-state index contributed by atoms with van der Waals surface area (Å²) < 4.78 is 1.65. The maximum absolute atomic E-state index is 12.0. The van der Waals surface area contributed by atoms with E-state index in [4.69, 9.17) is 0 Å². The third-order valence-electron chi connectivity index (χ3n) is 4.38. The molecule has 0 spiro atoms. The van der Waals surface area contributed by atoms with Crippen molar-refractivity contribution in [3.8, 4) is 0 Å². The van der Waals surface area contributed by atoms with Gasteiger partial charge >= 0.3 is 0 Å². The first-order chi connectivity index (χ1) is 12.3. The Morgan fingerprint density at radius 1 is 1.12 bits per heavy atom. The number of nitrogens with one attached hydrogen (secondary N) is 1. The molecule has 0 aliphatic carbocycles. The number of hydrogen-bond acceptors (Lipinski definition) is 4. The Balaban J connectivity index is 1.38. The molecule has 2 aromatic carbocycles. The molecular weight excluding hydrogens is 314 g/mol. The number of aryl methyl sites for hydroxylation is 1. The average Bonchev–Trinajstić information content (AvgIpc) is 3.30. The number of amides is 1. The molecule has 0 fully saturated rings. The maximum Gasteiger partial charge on any atom is 0.226 e. The van der Waals surface area contributed by atoms with Crippen LogP contribution in [0.4, 0.5) is 17.1 Å². The Morgan fingerprint density at radius 2 is 1.96 bits per heavy atom. The van der Waals surface area contributed by atoms with Crippen molar-refractivity contribution < 1.29 is 4.79 Å². The quantitative estimate of drug-likeness (QED) is 0.780. The lowest BCUT2D eigenvalue weighted by molar-refractivity contribution is -0.116. The molecule has 0 saturated carbocycles. The highest BCUT2D eigenvalue weighted by Gasteiger charge is 2.19. The Kier molecular flexibility index (Phi) is 4.16. The molecule has 6 nitrogen and oxygen atoms in total. The second-order valence-electron chi connectivity index (χ2n) is 6.03. The molecule has 1 amide bonds. The fraction of sp³-hybridized carbons (Fsp3) is 0.211. The molecule has 0 radical (unpaired) electrons. The number of nitrogens with zero attached hydrogens (tertiary/aromatic N) is 4. The number of carbonyl (C=O) groups is 1. The predicted molar refractivity (Wildman–Crippen MR) is 96.9 cm³/mol. The van der Waals surface area contributed by atoms with Crippen LogP contribution in [0.5, 0.6) is 0 Å². The number of aromatic nitrogens is 3. The Morgan fingerprint density at radius 3 is 2.76 bits per heavy atom. The summed E-state index contributed by atoms with van der Waals surface area (Å²) in [7, 11) is 0. The summed E-state index contributed by atoms with van der Waals surface area (Å²) in [5.41, 5.74) is 4.60. The molecule has 4 rings (SSSR count). The minimum atomic E-state index is -0.0326. The van der Waals surface area contributed by atoms with Crippen LogP contribution < -0.4 is 10.2 Å². The summed E-state index contributed by atoms with van der Waals surface area (Å²) in [6.45, 7) is 1.51. The zero-order valence-electron chi connectivity index (χ0n) is 13.8. The molecule has 2 heterocycles. The van der Waals surface area contributed by atoms with Gasteiger partial charge in [0.05, 0.1) is 6.54 Å². The van der Waals surface area contributed by atoms with Gasteiger partial charge in [0, 0.05) is 30.0 Å². The van der Waals surface area contributed by atoms with Gasteiger partial charge in [0.25, 0.3) is 0 Å². The van der Waals surface area contributed by atoms with Crippen LogP contribution in [0.2, 0.25) is 0 Å². The van der Waals surface area contributed by atoms with Crippen molar-refractivity contribution in [2.45, 2.75) is 19.4 Å². The molecule has 0 bridgehead atoms. The number of benzene rings is 2. The minimum Gasteiger partial charge on any atom is -0.341 e. The van der Waals surface area contributed by atoms with Crippen LogP contribution in [0.3, 0.4) is 0 Å². The highest BCUT2D eigenvalue weighted by Crippen LogP contribution is 2.34. The van der Waals surface area contributed by atoms with E-state index in [1.807, 2.05) is 12.1 Å². The van der Waals surface area contributed by atoms with Gasteiger partial charge in [-0.25, -0.2) is 4.98 Å². The Bertz CT molecular complexity index is 858. The number of rotatable bonds is 5. The van der Waals surface area contributed by atoms with Gasteiger partial charge in [0.2, 0.25) is 5.91 Å². The average molecular weight is 333 g/mol. The van der Waals surface area contributed by atoms with Gasteiger partial charge in [-0.2, -0.15) is 5.10 Å². The fourth-order valence-electron chi connectivity index (χ4n) is 3.12. The molecule has 6 heteroatoms. The largest absolute Gasteiger partial charge is 0.341 e. The highest BCUT2D eigenvalue weighted by molar-refractivity contribution is 5.91. The number of hydrogen-bond donors (Lipinski definition) is 1. The predicted octanol–water partition coefficient (Wildman–Crippen LogP) is 3.00. The fourth-order valence-corrected chi connectivity index (χ4v) is 3.12. The zero-order chi connectivity index (χ0) is 17.1. The molecule has 3 aromatic rings. The van der Waals surface area contributed by atoms with Gasteiger partial charge in [-0.15, -0.1) is 0 Å². The van der Waals surface area contributed by atoms with E-state index in [0.717, 1.165) is 24.3 Å². The molecule has 1 aliphatic rings. The SMILES string of the molecule is O=C(CCn1cncn1)Nc1ccc(N2CCc3ccccc32)cc1. The van der Waals surface area contributed by atoms with Crippen LogP contribution in [0.25, 0.3) is 0 Å². The van der Waals surface area contributed by atoms with Crippen molar-refractivity contribution in [1.29, 1.82) is 0 Å². The monoisotopic (exact) mass is 333 g/mol. The molecule has 126 valence electrons. The second-order valence-corrected chi connectivity index (χ2v) is 6.03. The van der Waals surface area contributed by atoms with E-state index in [0.29, 0.717) is 13.0 Å². The topological polar surface area (TPSA) is 63.1 Å². The number of anilines is 3. The van der Waals surface area contributed by atoms with Crippen LogP contribution >= 0.6 is 0 Å². The lowest BCUT2D eigenvalue weighted by atomic mass is 10.2. The normalized spacial score (nSPS) is 12.9. The van der Waals surface area contributed by atoms with Crippen molar-refractivity contribution >= 4 is 23.0 Å². The van der Waals surface area contributed by atoms with Crippen LogP contribution in [-0.2, 0) is 17.8 Å². The van der Waals surface area contributed by atoms with Crippen LogP contribution in [0.1, 0.15) is 12.0 Å². The summed E-state index contributed by atoms with van der Waals surface area (Å²) in [4.78, 5) is 18.2. The molecule has 0 unspecified atom stereocenters. The van der Waals surface area contributed by atoms with E-state index < -0.39 is 0 Å². The van der Waals surface area contributed by atoms with E-state index >= 15 is 0 Å².